The molecule has 26 heavy (non-hydrogen) atoms. The monoisotopic (exact) mass is 351 g/mol. The Morgan fingerprint density at radius 3 is 2.38 bits per heavy atom. The van der Waals surface area contributed by atoms with Gasteiger partial charge >= 0.3 is 5.97 Å². The molecular formula is C18H17N5O3. The highest BCUT2D eigenvalue weighted by atomic mass is 16.5. The summed E-state index contributed by atoms with van der Waals surface area (Å²) < 4.78 is 8.52. The van der Waals surface area contributed by atoms with Crippen LogP contribution in [-0.4, -0.2) is 37.6 Å². The Morgan fingerprint density at radius 1 is 1.12 bits per heavy atom. The third kappa shape index (κ3) is 3.59. The summed E-state index contributed by atoms with van der Waals surface area (Å²) in [5.74, 6) is 0.946. The number of aryl methyl sites for hydroxylation is 2. The van der Waals surface area contributed by atoms with Gasteiger partial charge < -0.3 is 13.9 Å². The number of benzene rings is 1. The van der Waals surface area contributed by atoms with Crippen LogP contribution in [0.2, 0.25) is 0 Å². The lowest BCUT2D eigenvalue weighted by Crippen LogP contribution is -1.95. The summed E-state index contributed by atoms with van der Waals surface area (Å²) in [7, 11) is 3.67. The number of rotatable bonds is 3. The molecule has 0 aliphatic carbocycles. The van der Waals surface area contributed by atoms with Crippen LogP contribution in [0.15, 0.2) is 48.0 Å². The first-order valence-corrected chi connectivity index (χ1v) is 7.83. The second-order valence-electron chi connectivity index (χ2n) is 5.55. The molecule has 2 aromatic heterocycles. The van der Waals surface area contributed by atoms with Crippen LogP contribution in [0.1, 0.15) is 32.4 Å². The maximum absolute atomic E-state index is 11.4. The summed E-state index contributed by atoms with van der Waals surface area (Å²) >= 11 is 0. The van der Waals surface area contributed by atoms with Gasteiger partial charge in [0.1, 0.15) is 6.61 Å². The van der Waals surface area contributed by atoms with Crippen molar-refractivity contribution in [3.63, 3.8) is 0 Å². The number of carbonyl (C=O) groups is 2. The molecule has 132 valence electrons. The molecule has 0 fully saturated rings. The van der Waals surface area contributed by atoms with Crippen LogP contribution in [0.5, 0.6) is 0 Å². The molecule has 1 aromatic carbocycles. The van der Waals surface area contributed by atoms with E-state index in [4.69, 9.17) is 4.74 Å². The SMILES string of the molecule is Cn1ccnc1C=Nc1cccc2c1COC2=O.Cn1ccnc1C=O. The van der Waals surface area contributed by atoms with E-state index in [1.807, 2.05) is 23.9 Å². The van der Waals surface area contributed by atoms with Gasteiger partial charge in [0.15, 0.2) is 17.9 Å². The van der Waals surface area contributed by atoms with Gasteiger partial charge in [-0.05, 0) is 12.1 Å². The lowest BCUT2D eigenvalue weighted by molar-refractivity contribution is 0.0535. The Morgan fingerprint density at radius 2 is 1.81 bits per heavy atom. The molecule has 3 aromatic rings. The van der Waals surface area contributed by atoms with E-state index in [-0.39, 0.29) is 5.97 Å². The zero-order valence-corrected chi connectivity index (χ0v) is 14.4. The molecule has 0 unspecified atom stereocenters. The summed E-state index contributed by atoms with van der Waals surface area (Å²) in [5.41, 5.74) is 2.19. The molecule has 0 saturated heterocycles. The van der Waals surface area contributed by atoms with Crippen LogP contribution >= 0.6 is 0 Å². The Kier molecular flexibility index (Phi) is 5.02. The largest absolute Gasteiger partial charge is 0.457 e. The van der Waals surface area contributed by atoms with Crippen LogP contribution in [-0.2, 0) is 25.4 Å². The highest BCUT2D eigenvalue weighted by molar-refractivity contribution is 5.95. The first-order valence-electron chi connectivity index (χ1n) is 7.83. The summed E-state index contributed by atoms with van der Waals surface area (Å²) in [6.07, 6.45) is 9.28. The smallest absolute Gasteiger partial charge is 0.338 e. The summed E-state index contributed by atoms with van der Waals surface area (Å²) in [6, 6.07) is 5.42. The Labute approximate surface area is 149 Å². The predicted molar refractivity (Wildman–Crippen MR) is 94.6 cm³/mol. The van der Waals surface area contributed by atoms with E-state index in [2.05, 4.69) is 15.0 Å². The van der Waals surface area contributed by atoms with Gasteiger partial charge in [0.2, 0.25) is 0 Å². The van der Waals surface area contributed by atoms with E-state index in [0.29, 0.717) is 18.0 Å². The molecule has 0 saturated carbocycles. The number of hydrogen-bond donors (Lipinski definition) is 0. The Balaban J connectivity index is 0.000000206. The third-order valence-corrected chi connectivity index (χ3v) is 3.86. The quantitative estimate of drug-likeness (QED) is 0.409. The van der Waals surface area contributed by atoms with Gasteiger partial charge in [0.05, 0.1) is 17.5 Å². The standard InChI is InChI=1S/C13H11N3O2.C5H6N2O/c1-16-6-5-14-12(16)7-15-11-4-2-3-9-10(11)8-18-13(9)17;1-7-3-2-6-5(7)4-8/h2-7H,8H2,1H3;2-4H,1H3. The van der Waals surface area contributed by atoms with Crippen LogP contribution in [0.3, 0.4) is 0 Å². The number of nitrogens with zero attached hydrogens (tertiary/aromatic N) is 5. The molecular weight excluding hydrogens is 334 g/mol. The normalized spacial score (nSPS) is 12.5. The van der Waals surface area contributed by atoms with Crippen molar-refractivity contribution in [2.75, 3.05) is 0 Å². The van der Waals surface area contributed by atoms with Crippen molar-refractivity contribution in [2.45, 2.75) is 6.61 Å². The summed E-state index contributed by atoms with van der Waals surface area (Å²) in [5, 5.41) is 0. The van der Waals surface area contributed by atoms with Gasteiger partial charge in [-0.1, -0.05) is 6.07 Å². The first kappa shape index (κ1) is 17.3. The topological polar surface area (TPSA) is 91.4 Å². The van der Waals surface area contributed by atoms with Gasteiger partial charge in [-0.3, -0.25) is 9.79 Å². The molecule has 1 aliphatic heterocycles. The number of aliphatic imine (C=N–C) groups is 1. The average Bonchev–Trinajstić information content (AvgIpc) is 3.35. The number of ether oxygens (including phenoxy) is 1. The van der Waals surface area contributed by atoms with Crippen LogP contribution in [0.4, 0.5) is 5.69 Å². The number of cyclic esters (lactones) is 1. The molecule has 0 N–H and O–H groups in total. The van der Waals surface area contributed by atoms with E-state index in [0.717, 1.165) is 23.4 Å². The van der Waals surface area contributed by atoms with Gasteiger partial charge in [0.25, 0.3) is 0 Å². The number of esters is 1. The predicted octanol–water partition coefficient (Wildman–Crippen LogP) is 2.07. The molecule has 0 radical (unpaired) electrons. The molecule has 8 heteroatoms. The molecule has 0 bridgehead atoms. The lowest BCUT2D eigenvalue weighted by atomic mass is 10.1. The van der Waals surface area contributed by atoms with Crippen LogP contribution in [0.25, 0.3) is 0 Å². The molecule has 0 amide bonds. The molecule has 3 heterocycles. The summed E-state index contributed by atoms with van der Waals surface area (Å²) in [4.78, 5) is 33.7. The zero-order valence-electron chi connectivity index (χ0n) is 14.4. The van der Waals surface area contributed by atoms with Crippen molar-refractivity contribution in [3.8, 4) is 0 Å². The fraction of sp³-hybridized carbons (Fsp3) is 0.167. The zero-order chi connectivity index (χ0) is 18.5. The van der Waals surface area contributed by atoms with Crippen molar-refractivity contribution in [2.24, 2.45) is 19.1 Å². The summed E-state index contributed by atoms with van der Waals surface area (Å²) in [6.45, 7) is 0.294. The van der Waals surface area contributed by atoms with E-state index >= 15 is 0 Å². The number of fused-ring (bicyclic) bond motifs is 1. The second-order valence-corrected chi connectivity index (χ2v) is 5.55. The number of aldehydes is 1. The lowest BCUT2D eigenvalue weighted by Gasteiger charge is -1.99. The number of hydrogen-bond acceptors (Lipinski definition) is 6. The molecule has 0 spiro atoms. The molecule has 8 nitrogen and oxygen atoms in total. The average molecular weight is 351 g/mol. The van der Waals surface area contributed by atoms with Crippen molar-refractivity contribution in [1.82, 2.24) is 19.1 Å². The van der Waals surface area contributed by atoms with Gasteiger partial charge in [-0.25, -0.2) is 14.8 Å². The molecule has 0 atom stereocenters. The maximum atomic E-state index is 11.4. The van der Waals surface area contributed by atoms with E-state index in [1.54, 1.807) is 48.6 Å². The van der Waals surface area contributed by atoms with Gasteiger partial charge in [0, 0.05) is 44.4 Å². The van der Waals surface area contributed by atoms with Gasteiger partial charge in [-0.2, -0.15) is 0 Å². The van der Waals surface area contributed by atoms with Crippen LogP contribution < -0.4 is 0 Å². The Bertz CT molecular complexity index is 971. The van der Waals surface area contributed by atoms with Crippen molar-refractivity contribution >= 4 is 24.2 Å². The minimum Gasteiger partial charge on any atom is -0.457 e. The van der Waals surface area contributed by atoms with Crippen molar-refractivity contribution in [1.29, 1.82) is 0 Å². The van der Waals surface area contributed by atoms with E-state index in [1.165, 1.54) is 0 Å². The second kappa shape index (κ2) is 7.56. The van der Waals surface area contributed by atoms with Crippen LogP contribution in [0, 0.1) is 0 Å². The minimum atomic E-state index is -0.279. The number of carbonyl (C=O) groups excluding carboxylic acids is 2. The molecule has 1 aliphatic rings. The van der Waals surface area contributed by atoms with E-state index < -0.39 is 0 Å². The maximum Gasteiger partial charge on any atom is 0.338 e. The minimum absolute atomic E-state index is 0.279. The Hall–Kier alpha value is -3.55. The van der Waals surface area contributed by atoms with Gasteiger partial charge in [-0.15, -0.1) is 0 Å². The number of imidazole rings is 2. The van der Waals surface area contributed by atoms with Crippen molar-refractivity contribution < 1.29 is 14.3 Å². The third-order valence-electron chi connectivity index (χ3n) is 3.86. The highest BCUT2D eigenvalue weighted by Crippen LogP contribution is 2.29. The molecule has 4 rings (SSSR count). The first-order chi connectivity index (χ1) is 12.6. The van der Waals surface area contributed by atoms with E-state index in [9.17, 15) is 9.59 Å². The fourth-order valence-corrected chi connectivity index (χ4v) is 2.37. The number of aromatic nitrogens is 4. The fourth-order valence-electron chi connectivity index (χ4n) is 2.37. The highest BCUT2D eigenvalue weighted by Gasteiger charge is 2.23. The van der Waals surface area contributed by atoms with Crippen molar-refractivity contribution in [3.05, 3.63) is 65.8 Å².